The van der Waals surface area contributed by atoms with Crippen LogP contribution >= 0.6 is 11.6 Å². The van der Waals surface area contributed by atoms with Crippen molar-refractivity contribution in [3.63, 3.8) is 0 Å². The summed E-state index contributed by atoms with van der Waals surface area (Å²) < 4.78 is 0. The molecule has 18 heavy (non-hydrogen) atoms. The van der Waals surface area contributed by atoms with Crippen LogP contribution < -0.4 is 0 Å². The first kappa shape index (κ1) is 13.1. The fraction of sp³-hybridized carbons (Fsp3) is 0.250. The van der Waals surface area contributed by atoms with Crippen molar-refractivity contribution in [2.24, 2.45) is 0 Å². The second-order valence-electron chi connectivity index (χ2n) is 4.76. The molecule has 0 fully saturated rings. The number of benzene rings is 2. The van der Waals surface area contributed by atoms with Gasteiger partial charge in [-0.2, -0.15) is 0 Å². The maximum absolute atomic E-state index is 10.5. The van der Waals surface area contributed by atoms with E-state index in [1.54, 1.807) is 0 Å². The van der Waals surface area contributed by atoms with Gasteiger partial charge in [0.25, 0.3) is 0 Å². The average molecular weight is 261 g/mol. The molecule has 2 rings (SSSR count). The van der Waals surface area contributed by atoms with Crippen molar-refractivity contribution in [2.75, 3.05) is 0 Å². The Morgan fingerprint density at radius 2 is 1.44 bits per heavy atom. The van der Waals surface area contributed by atoms with E-state index in [1.165, 1.54) is 0 Å². The van der Waals surface area contributed by atoms with Crippen LogP contribution in [0.5, 0.6) is 0 Å². The summed E-state index contributed by atoms with van der Waals surface area (Å²) in [5.74, 6) is 0. The quantitative estimate of drug-likeness (QED) is 0.851. The monoisotopic (exact) mass is 260 g/mol. The molecule has 0 aliphatic heterocycles. The topological polar surface area (TPSA) is 20.2 Å². The van der Waals surface area contributed by atoms with Gasteiger partial charge >= 0.3 is 0 Å². The van der Waals surface area contributed by atoms with E-state index in [0.717, 1.165) is 27.8 Å². The lowest BCUT2D eigenvalue weighted by Crippen LogP contribution is -2.04. The summed E-state index contributed by atoms with van der Waals surface area (Å²) in [7, 11) is 0. The van der Waals surface area contributed by atoms with E-state index in [-0.39, 0.29) is 0 Å². The Bertz CT molecular complexity index is 524. The summed E-state index contributed by atoms with van der Waals surface area (Å²) in [6.07, 6.45) is -0.622. The average Bonchev–Trinajstić information content (AvgIpc) is 2.34. The predicted molar refractivity (Wildman–Crippen MR) is 76.2 cm³/mol. The summed E-state index contributed by atoms with van der Waals surface area (Å²) in [4.78, 5) is 0. The molecule has 0 aliphatic carbocycles. The van der Waals surface area contributed by atoms with E-state index in [2.05, 4.69) is 6.07 Å². The van der Waals surface area contributed by atoms with E-state index in [1.807, 2.05) is 51.1 Å². The molecule has 0 heterocycles. The molecule has 0 radical (unpaired) electrons. The minimum absolute atomic E-state index is 0.622. The summed E-state index contributed by atoms with van der Waals surface area (Å²) in [6, 6.07) is 11.7. The number of hydrogen-bond donors (Lipinski definition) is 1. The van der Waals surface area contributed by atoms with E-state index in [0.29, 0.717) is 5.02 Å². The smallest absolute Gasteiger partial charge is 0.105 e. The Balaban J connectivity index is 2.50. The van der Waals surface area contributed by atoms with Crippen molar-refractivity contribution in [1.29, 1.82) is 0 Å². The lowest BCUT2D eigenvalue weighted by Gasteiger charge is -2.17. The zero-order valence-electron chi connectivity index (χ0n) is 10.9. The highest BCUT2D eigenvalue weighted by Crippen LogP contribution is 2.29. The minimum atomic E-state index is -0.622. The van der Waals surface area contributed by atoms with Crippen molar-refractivity contribution < 1.29 is 5.11 Å². The van der Waals surface area contributed by atoms with Crippen molar-refractivity contribution in [1.82, 2.24) is 0 Å². The van der Waals surface area contributed by atoms with Gasteiger partial charge in [0.05, 0.1) is 0 Å². The van der Waals surface area contributed by atoms with Crippen LogP contribution in [0.25, 0.3) is 0 Å². The number of aryl methyl sites for hydroxylation is 3. The number of hydrogen-bond acceptors (Lipinski definition) is 1. The van der Waals surface area contributed by atoms with Crippen LogP contribution in [0.1, 0.15) is 33.9 Å². The minimum Gasteiger partial charge on any atom is -0.384 e. The molecule has 0 bridgehead atoms. The van der Waals surface area contributed by atoms with Gasteiger partial charge in [0, 0.05) is 5.02 Å². The SMILES string of the molecule is Cc1ccc(C)c(C(O)c2cc(Cl)ccc2C)c1. The van der Waals surface area contributed by atoms with Crippen LogP contribution in [0.4, 0.5) is 0 Å². The normalized spacial score (nSPS) is 12.5. The second kappa shape index (κ2) is 5.13. The summed E-state index contributed by atoms with van der Waals surface area (Å²) in [5.41, 5.74) is 5.10. The third kappa shape index (κ3) is 2.58. The molecule has 0 aliphatic rings. The van der Waals surface area contributed by atoms with Crippen LogP contribution in [0.15, 0.2) is 36.4 Å². The number of aliphatic hydroxyl groups excluding tert-OH is 1. The fourth-order valence-corrected chi connectivity index (χ4v) is 2.31. The molecule has 0 saturated carbocycles. The highest BCUT2D eigenvalue weighted by Gasteiger charge is 2.15. The molecule has 2 heteroatoms. The van der Waals surface area contributed by atoms with Gasteiger partial charge in [-0.15, -0.1) is 0 Å². The van der Waals surface area contributed by atoms with E-state index >= 15 is 0 Å². The summed E-state index contributed by atoms with van der Waals surface area (Å²) in [5, 5.41) is 11.2. The summed E-state index contributed by atoms with van der Waals surface area (Å²) >= 11 is 6.01. The largest absolute Gasteiger partial charge is 0.384 e. The zero-order chi connectivity index (χ0) is 13.3. The van der Waals surface area contributed by atoms with Gasteiger partial charge < -0.3 is 5.11 Å². The van der Waals surface area contributed by atoms with Crippen LogP contribution in [0.3, 0.4) is 0 Å². The lowest BCUT2D eigenvalue weighted by molar-refractivity contribution is 0.218. The van der Waals surface area contributed by atoms with E-state index in [9.17, 15) is 5.11 Å². The van der Waals surface area contributed by atoms with E-state index < -0.39 is 6.10 Å². The number of halogens is 1. The first-order valence-electron chi connectivity index (χ1n) is 6.00. The Kier molecular flexibility index (Phi) is 3.74. The van der Waals surface area contributed by atoms with Gasteiger partial charge in [0.15, 0.2) is 0 Å². The predicted octanol–water partition coefficient (Wildman–Crippen LogP) is 4.35. The van der Waals surface area contributed by atoms with Crippen molar-refractivity contribution in [3.05, 3.63) is 69.2 Å². The number of rotatable bonds is 2. The Hall–Kier alpha value is -1.31. The Morgan fingerprint density at radius 3 is 2.11 bits per heavy atom. The molecule has 0 aromatic heterocycles. The molecular formula is C16H17ClO. The molecular weight excluding hydrogens is 244 g/mol. The highest BCUT2D eigenvalue weighted by molar-refractivity contribution is 6.30. The Morgan fingerprint density at radius 1 is 0.889 bits per heavy atom. The van der Waals surface area contributed by atoms with Crippen molar-refractivity contribution >= 4 is 11.6 Å². The molecule has 94 valence electrons. The highest BCUT2D eigenvalue weighted by atomic mass is 35.5. The molecule has 0 amide bonds. The van der Waals surface area contributed by atoms with E-state index in [4.69, 9.17) is 11.6 Å². The standard InChI is InChI=1S/C16H17ClO/c1-10-4-5-11(2)14(8-10)16(18)15-9-13(17)7-6-12(15)3/h4-9,16,18H,1-3H3. The Labute approximate surface area is 113 Å². The second-order valence-corrected chi connectivity index (χ2v) is 5.20. The third-order valence-electron chi connectivity index (χ3n) is 3.27. The molecule has 1 unspecified atom stereocenters. The fourth-order valence-electron chi connectivity index (χ4n) is 2.13. The summed E-state index contributed by atoms with van der Waals surface area (Å²) in [6.45, 7) is 6.03. The van der Waals surface area contributed by atoms with Crippen LogP contribution in [0, 0.1) is 20.8 Å². The molecule has 0 spiro atoms. The first-order chi connectivity index (χ1) is 8.49. The number of aliphatic hydroxyl groups is 1. The first-order valence-corrected chi connectivity index (χ1v) is 6.38. The molecule has 2 aromatic rings. The maximum atomic E-state index is 10.5. The van der Waals surface area contributed by atoms with Gasteiger partial charge in [-0.3, -0.25) is 0 Å². The zero-order valence-corrected chi connectivity index (χ0v) is 11.6. The van der Waals surface area contributed by atoms with Gasteiger partial charge in [0.1, 0.15) is 6.10 Å². The third-order valence-corrected chi connectivity index (χ3v) is 3.50. The van der Waals surface area contributed by atoms with Gasteiger partial charge in [-0.05, 0) is 55.2 Å². The lowest BCUT2D eigenvalue weighted by atomic mass is 9.93. The molecule has 2 aromatic carbocycles. The van der Waals surface area contributed by atoms with Crippen LogP contribution in [0.2, 0.25) is 5.02 Å². The molecule has 1 atom stereocenters. The molecule has 1 N–H and O–H groups in total. The molecule has 0 saturated heterocycles. The maximum Gasteiger partial charge on any atom is 0.105 e. The van der Waals surface area contributed by atoms with Gasteiger partial charge in [-0.1, -0.05) is 41.4 Å². The van der Waals surface area contributed by atoms with Gasteiger partial charge in [0.2, 0.25) is 0 Å². The van der Waals surface area contributed by atoms with Gasteiger partial charge in [-0.25, -0.2) is 0 Å². The van der Waals surface area contributed by atoms with Crippen molar-refractivity contribution in [3.8, 4) is 0 Å². The molecule has 1 nitrogen and oxygen atoms in total. The van der Waals surface area contributed by atoms with Crippen molar-refractivity contribution in [2.45, 2.75) is 26.9 Å². The van der Waals surface area contributed by atoms with Crippen LogP contribution in [-0.4, -0.2) is 5.11 Å². The van der Waals surface area contributed by atoms with Crippen LogP contribution in [-0.2, 0) is 0 Å².